The molecule has 0 aliphatic carbocycles. The van der Waals surface area contributed by atoms with Gasteiger partial charge in [0.05, 0.1) is 5.69 Å². The van der Waals surface area contributed by atoms with Crippen LogP contribution in [0.4, 0.5) is 17.6 Å². The molecule has 0 aromatic carbocycles. The molecule has 6 heteroatoms. The normalized spacial score (nSPS) is 10.1. The van der Waals surface area contributed by atoms with Crippen molar-refractivity contribution in [3.05, 3.63) is 16.8 Å². The van der Waals surface area contributed by atoms with Crippen molar-refractivity contribution in [2.45, 2.75) is 0 Å². The summed E-state index contributed by atoms with van der Waals surface area (Å²) in [6.07, 6.45) is 0. The van der Waals surface area contributed by atoms with E-state index in [-0.39, 0.29) is 0 Å². The Morgan fingerprint density at radius 1 is 1.43 bits per heavy atom. The van der Waals surface area contributed by atoms with Gasteiger partial charge in [0.25, 0.3) is 0 Å². The van der Waals surface area contributed by atoms with Crippen LogP contribution in [0, 0.1) is 0 Å². The zero-order chi connectivity index (χ0) is 9.97. The smallest absolute Gasteiger partial charge is 0.227 e. The molecule has 2 heterocycles. The molecular formula is C8H11N5S. The molecule has 0 atom stereocenters. The molecule has 14 heavy (non-hydrogen) atoms. The predicted octanol–water partition coefficient (Wildman–Crippen LogP) is 1.68. The van der Waals surface area contributed by atoms with Crippen LogP contribution in [0.25, 0.3) is 0 Å². The van der Waals surface area contributed by atoms with E-state index in [4.69, 9.17) is 0 Å². The van der Waals surface area contributed by atoms with Gasteiger partial charge < -0.3 is 10.2 Å². The molecule has 0 spiro atoms. The fourth-order valence-corrected chi connectivity index (χ4v) is 1.57. The highest BCUT2D eigenvalue weighted by molar-refractivity contribution is 7.08. The van der Waals surface area contributed by atoms with Crippen molar-refractivity contribution in [2.24, 2.45) is 0 Å². The van der Waals surface area contributed by atoms with Gasteiger partial charge in [0.15, 0.2) is 0 Å². The Morgan fingerprint density at radius 2 is 2.29 bits per heavy atom. The minimum absolute atomic E-state index is 0.659. The fraction of sp³-hybridized carbons (Fsp3) is 0.250. The minimum atomic E-state index is 0.659. The molecule has 2 rings (SSSR count). The van der Waals surface area contributed by atoms with E-state index in [1.165, 1.54) is 0 Å². The van der Waals surface area contributed by atoms with E-state index >= 15 is 0 Å². The maximum absolute atomic E-state index is 3.96. The number of aromatic amines is 1. The molecule has 0 unspecified atom stereocenters. The number of aromatic nitrogens is 3. The first kappa shape index (κ1) is 9.01. The summed E-state index contributed by atoms with van der Waals surface area (Å²) in [5, 5.41) is 15.0. The molecule has 0 saturated carbocycles. The lowest BCUT2D eigenvalue weighted by Crippen LogP contribution is -2.10. The van der Waals surface area contributed by atoms with E-state index in [0.29, 0.717) is 5.95 Å². The molecule has 0 fully saturated rings. The second-order valence-electron chi connectivity index (χ2n) is 3.03. The summed E-state index contributed by atoms with van der Waals surface area (Å²) >= 11 is 1.64. The van der Waals surface area contributed by atoms with E-state index in [1.54, 1.807) is 11.3 Å². The van der Waals surface area contributed by atoms with E-state index in [1.807, 2.05) is 35.8 Å². The van der Waals surface area contributed by atoms with Crippen LogP contribution in [0.5, 0.6) is 0 Å². The molecular weight excluding hydrogens is 198 g/mol. The maximum Gasteiger partial charge on any atom is 0.227 e. The van der Waals surface area contributed by atoms with Crippen LogP contribution < -0.4 is 10.2 Å². The Kier molecular flexibility index (Phi) is 2.36. The van der Waals surface area contributed by atoms with Gasteiger partial charge in [-0.25, -0.2) is 0 Å². The lowest BCUT2D eigenvalue weighted by atomic mass is 10.5. The van der Waals surface area contributed by atoms with Crippen molar-refractivity contribution in [1.29, 1.82) is 0 Å². The second kappa shape index (κ2) is 3.67. The predicted molar refractivity (Wildman–Crippen MR) is 58.3 cm³/mol. The zero-order valence-corrected chi connectivity index (χ0v) is 8.80. The van der Waals surface area contributed by atoms with Crippen LogP contribution in [-0.4, -0.2) is 29.3 Å². The fourth-order valence-electron chi connectivity index (χ4n) is 0.983. The molecule has 0 saturated heterocycles. The third-order valence-electron chi connectivity index (χ3n) is 1.68. The van der Waals surface area contributed by atoms with Gasteiger partial charge in [0, 0.05) is 19.5 Å². The van der Waals surface area contributed by atoms with Gasteiger partial charge in [-0.05, 0) is 11.4 Å². The van der Waals surface area contributed by atoms with Gasteiger partial charge >= 0.3 is 0 Å². The van der Waals surface area contributed by atoms with E-state index < -0.39 is 0 Å². The first-order valence-corrected chi connectivity index (χ1v) is 5.09. The van der Waals surface area contributed by atoms with Crippen molar-refractivity contribution in [1.82, 2.24) is 15.2 Å². The van der Waals surface area contributed by atoms with Gasteiger partial charge in [-0.1, -0.05) is 0 Å². The summed E-state index contributed by atoms with van der Waals surface area (Å²) in [7, 11) is 3.82. The summed E-state index contributed by atoms with van der Waals surface area (Å²) in [4.78, 5) is 4.91. The first-order valence-electron chi connectivity index (χ1n) is 4.15. The van der Waals surface area contributed by atoms with Crippen molar-refractivity contribution in [3.63, 3.8) is 0 Å². The topological polar surface area (TPSA) is 56.8 Å². The Morgan fingerprint density at radius 3 is 2.86 bits per heavy atom. The summed E-state index contributed by atoms with van der Waals surface area (Å²) in [6, 6.07) is 1.99. The summed E-state index contributed by atoms with van der Waals surface area (Å²) in [5.41, 5.74) is 1.02. The number of anilines is 3. The molecule has 74 valence electrons. The highest BCUT2D eigenvalue weighted by Crippen LogP contribution is 2.16. The lowest BCUT2D eigenvalue weighted by Gasteiger charge is -2.04. The summed E-state index contributed by atoms with van der Waals surface area (Å²) in [5.74, 6) is 1.40. The average Bonchev–Trinajstić information content (AvgIpc) is 2.75. The molecule has 0 amide bonds. The molecule has 0 bridgehead atoms. The van der Waals surface area contributed by atoms with Crippen LogP contribution in [0.1, 0.15) is 0 Å². The lowest BCUT2D eigenvalue weighted by molar-refractivity contribution is 0.999. The molecule has 0 aliphatic rings. The van der Waals surface area contributed by atoms with Gasteiger partial charge in [-0.3, -0.25) is 4.98 Å². The highest BCUT2D eigenvalue weighted by Gasteiger charge is 2.03. The van der Waals surface area contributed by atoms with Crippen LogP contribution in [0.3, 0.4) is 0 Å². The largest absolute Gasteiger partial charge is 0.347 e. The van der Waals surface area contributed by atoms with E-state index in [2.05, 4.69) is 20.5 Å². The van der Waals surface area contributed by atoms with Gasteiger partial charge in [0.2, 0.25) is 11.9 Å². The Hall–Kier alpha value is -1.56. The van der Waals surface area contributed by atoms with Gasteiger partial charge in [-0.2, -0.15) is 11.3 Å². The SMILES string of the molecule is CN(C)c1nnc(Nc2ccsc2)[nH]1. The van der Waals surface area contributed by atoms with Crippen molar-refractivity contribution >= 4 is 28.9 Å². The second-order valence-corrected chi connectivity index (χ2v) is 3.81. The number of rotatable bonds is 3. The van der Waals surface area contributed by atoms with Crippen LogP contribution in [0.15, 0.2) is 16.8 Å². The number of hydrogen-bond donors (Lipinski definition) is 2. The molecule has 2 aromatic heterocycles. The van der Waals surface area contributed by atoms with E-state index in [9.17, 15) is 0 Å². The van der Waals surface area contributed by atoms with Crippen molar-refractivity contribution < 1.29 is 0 Å². The molecule has 5 nitrogen and oxygen atoms in total. The number of thiophene rings is 1. The number of nitrogens with zero attached hydrogens (tertiary/aromatic N) is 3. The minimum Gasteiger partial charge on any atom is -0.347 e. The number of nitrogens with one attached hydrogen (secondary N) is 2. The Balaban J connectivity index is 2.11. The third-order valence-corrected chi connectivity index (χ3v) is 2.37. The zero-order valence-electron chi connectivity index (χ0n) is 7.98. The molecule has 2 N–H and O–H groups in total. The Bertz CT molecular complexity index is 392. The summed E-state index contributed by atoms with van der Waals surface area (Å²) < 4.78 is 0. The van der Waals surface area contributed by atoms with Gasteiger partial charge in [-0.15, -0.1) is 10.2 Å². The standard InChI is InChI=1S/C8H11N5S/c1-13(2)8-10-7(11-12-8)9-6-3-4-14-5-6/h3-5H,1-2H3,(H2,9,10,11,12). The monoisotopic (exact) mass is 209 g/mol. The maximum atomic E-state index is 3.96. The van der Waals surface area contributed by atoms with Crippen molar-refractivity contribution in [2.75, 3.05) is 24.3 Å². The van der Waals surface area contributed by atoms with Crippen LogP contribution in [-0.2, 0) is 0 Å². The van der Waals surface area contributed by atoms with Gasteiger partial charge in [0.1, 0.15) is 0 Å². The third kappa shape index (κ3) is 1.85. The molecule has 0 aliphatic heterocycles. The number of H-pyrrole nitrogens is 1. The van der Waals surface area contributed by atoms with Crippen molar-refractivity contribution in [3.8, 4) is 0 Å². The summed E-state index contributed by atoms with van der Waals surface area (Å²) in [6.45, 7) is 0. The van der Waals surface area contributed by atoms with Crippen LogP contribution in [0.2, 0.25) is 0 Å². The highest BCUT2D eigenvalue weighted by atomic mass is 32.1. The molecule has 0 radical (unpaired) electrons. The average molecular weight is 209 g/mol. The molecule has 2 aromatic rings. The Labute approximate surface area is 85.8 Å². The first-order chi connectivity index (χ1) is 6.75. The quantitative estimate of drug-likeness (QED) is 0.807. The van der Waals surface area contributed by atoms with Crippen LogP contribution >= 0.6 is 11.3 Å². The van der Waals surface area contributed by atoms with E-state index in [0.717, 1.165) is 11.6 Å². The number of hydrogen-bond acceptors (Lipinski definition) is 5.